The fraction of sp³-hybridized carbons (Fsp3) is 0.417. The minimum absolute atomic E-state index is 0.0586. The van der Waals surface area contributed by atoms with Crippen LogP contribution in [0.5, 0.6) is 0 Å². The van der Waals surface area contributed by atoms with Gasteiger partial charge in [-0.1, -0.05) is 43.2 Å². The van der Waals surface area contributed by atoms with Crippen LogP contribution in [0.3, 0.4) is 0 Å². The number of hydrogen-bond donors (Lipinski definition) is 1. The summed E-state index contributed by atoms with van der Waals surface area (Å²) in [7, 11) is 0. The second-order valence-corrected chi connectivity index (χ2v) is 8.35. The predicted octanol–water partition coefficient (Wildman–Crippen LogP) is 4.80. The summed E-state index contributed by atoms with van der Waals surface area (Å²) < 4.78 is 38.2. The lowest BCUT2D eigenvalue weighted by molar-refractivity contribution is -0.137. The van der Waals surface area contributed by atoms with E-state index in [9.17, 15) is 22.8 Å². The molecule has 0 spiro atoms. The number of fused-ring (bicyclic) bond motifs is 1. The van der Waals surface area contributed by atoms with Gasteiger partial charge in [-0.3, -0.25) is 9.59 Å². The summed E-state index contributed by atoms with van der Waals surface area (Å²) in [6, 6.07) is 13.2. The molecule has 2 aromatic carbocycles. The zero-order valence-corrected chi connectivity index (χ0v) is 17.1. The molecule has 3 unspecified atom stereocenters. The van der Waals surface area contributed by atoms with E-state index in [0.717, 1.165) is 37.8 Å². The van der Waals surface area contributed by atoms with Crippen molar-refractivity contribution >= 4 is 11.8 Å². The molecule has 4 nitrogen and oxygen atoms in total. The smallest absolute Gasteiger partial charge is 0.350 e. The lowest BCUT2D eigenvalue weighted by Gasteiger charge is -2.33. The predicted molar refractivity (Wildman–Crippen MR) is 110 cm³/mol. The van der Waals surface area contributed by atoms with Gasteiger partial charge in [-0.25, -0.2) is 0 Å². The van der Waals surface area contributed by atoms with E-state index in [0.29, 0.717) is 23.5 Å². The van der Waals surface area contributed by atoms with Crippen LogP contribution in [0.15, 0.2) is 54.6 Å². The van der Waals surface area contributed by atoms with Crippen molar-refractivity contribution < 1.29 is 22.8 Å². The molecule has 2 aromatic rings. The average Bonchev–Trinajstić information content (AvgIpc) is 3.17. The first-order valence-corrected chi connectivity index (χ1v) is 10.7. The first-order chi connectivity index (χ1) is 14.8. The summed E-state index contributed by atoms with van der Waals surface area (Å²) in [4.78, 5) is 28.1. The maximum Gasteiger partial charge on any atom is 0.416 e. The van der Waals surface area contributed by atoms with Gasteiger partial charge >= 0.3 is 6.18 Å². The van der Waals surface area contributed by atoms with Crippen molar-refractivity contribution in [3.8, 4) is 0 Å². The summed E-state index contributed by atoms with van der Waals surface area (Å²) in [5, 5.41) is 2.83. The molecular weight excluding hydrogens is 405 g/mol. The molecule has 164 valence electrons. The highest BCUT2D eigenvalue weighted by molar-refractivity contribution is 5.98. The van der Waals surface area contributed by atoms with Crippen LogP contribution in [0.2, 0.25) is 0 Å². The number of alkyl halides is 3. The number of carbonyl (C=O) groups is 2. The number of nitrogens with one attached hydrogen (secondary N) is 1. The standard InChI is InChI=1S/C24H25F3N2O2/c25-24(26,27)19-12-10-16(11-13-19)15-28-22(30)21-14-18-8-4-5-9-20(18)29(21)23(31)17-6-2-1-3-7-17/h1-3,6-7,10-13,18,20-21H,4-5,8-9,14-15H2,(H,28,30). The summed E-state index contributed by atoms with van der Waals surface area (Å²) in [6.07, 6.45) is 0.286. The van der Waals surface area contributed by atoms with E-state index < -0.39 is 17.8 Å². The number of likely N-dealkylation sites (tertiary alicyclic amines) is 1. The zero-order chi connectivity index (χ0) is 22.0. The second kappa shape index (κ2) is 8.73. The van der Waals surface area contributed by atoms with Crippen molar-refractivity contribution in [2.75, 3.05) is 0 Å². The van der Waals surface area contributed by atoms with Crippen molar-refractivity contribution in [3.05, 3.63) is 71.3 Å². The molecule has 1 saturated heterocycles. The Bertz CT molecular complexity index is 928. The van der Waals surface area contributed by atoms with Crippen molar-refractivity contribution in [3.63, 3.8) is 0 Å². The summed E-state index contributed by atoms with van der Waals surface area (Å²) in [5.74, 6) is -0.0773. The fourth-order valence-electron chi connectivity index (χ4n) is 4.83. The van der Waals surface area contributed by atoms with Gasteiger partial charge < -0.3 is 10.2 Å². The molecule has 0 aromatic heterocycles. The monoisotopic (exact) mass is 430 g/mol. The van der Waals surface area contributed by atoms with Gasteiger partial charge in [0.1, 0.15) is 6.04 Å². The molecular formula is C24H25F3N2O2. The first kappa shape index (κ1) is 21.4. The van der Waals surface area contributed by atoms with E-state index in [1.165, 1.54) is 12.1 Å². The topological polar surface area (TPSA) is 49.4 Å². The molecule has 1 N–H and O–H groups in total. The highest BCUT2D eigenvalue weighted by Gasteiger charge is 2.47. The third-order valence-corrected chi connectivity index (χ3v) is 6.39. The van der Waals surface area contributed by atoms with E-state index >= 15 is 0 Å². The normalized spacial score (nSPS) is 23.3. The summed E-state index contributed by atoms with van der Waals surface area (Å²) in [5.41, 5.74) is 0.425. The van der Waals surface area contributed by atoms with Gasteiger partial charge in [0.05, 0.1) is 5.56 Å². The minimum atomic E-state index is -4.39. The Morgan fingerprint density at radius 1 is 0.968 bits per heavy atom. The van der Waals surface area contributed by atoms with Crippen LogP contribution < -0.4 is 5.32 Å². The SMILES string of the molecule is O=C(NCc1ccc(C(F)(F)F)cc1)C1CC2CCCCC2N1C(=O)c1ccccc1. The van der Waals surface area contributed by atoms with Crippen molar-refractivity contribution in [1.82, 2.24) is 10.2 Å². The lowest BCUT2D eigenvalue weighted by atomic mass is 9.84. The van der Waals surface area contributed by atoms with Gasteiger partial charge in [-0.2, -0.15) is 13.2 Å². The first-order valence-electron chi connectivity index (χ1n) is 10.7. The molecule has 0 bridgehead atoms. The lowest BCUT2D eigenvalue weighted by Crippen LogP contribution is -2.49. The van der Waals surface area contributed by atoms with Gasteiger partial charge in [-0.15, -0.1) is 0 Å². The van der Waals surface area contributed by atoms with E-state index in [4.69, 9.17) is 0 Å². The van der Waals surface area contributed by atoms with E-state index in [1.54, 1.807) is 29.2 Å². The Labute approximate surface area is 179 Å². The van der Waals surface area contributed by atoms with Gasteiger partial charge in [0.15, 0.2) is 0 Å². The zero-order valence-electron chi connectivity index (χ0n) is 17.1. The number of nitrogens with zero attached hydrogens (tertiary/aromatic N) is 1. The van der Waals surface area contributed by atoms with Crippen LogP contribution in [-0.4, -0.2) is 28.8 Å². The van der Waals surface area contributed by atoms with Gasteiger partial charge in [-0.05, 0) is 55.0 Å². The quantitative estimate of drug-likeness (QED) is 0.758. The minimum Gasteiger partial charge on any atom is -0.350 e. The molecule has 4 rings (SSSR count). The Hall–Kier alpha value is -2.83. The molecule has 0 radical (unpaired) electrons. The molecule has 2 amide bonds. The Kier molecular flexibility index (Phi) is 6.03. The number of hydrogen-bond acceptors (Lipinski definition) is 2. The van der Waals surface area contributed by atoms with Crippen LogP contribution >= 0.6 is 0 Å². The van der Waals surface area contributed by atoms with Crippen LogP contribution in [0, 0.1) is 5.92 Å². The number of amides is 2. The fourth-order valence-corrected chi connectivity index (χ4v) is 4.83. The molecule has 31 heavy (non-hydrogen) atoms. The molecule has 1 saturated carbocycles. The average molecular weight is 430 g/mol. The molecule has 7 heteroatoms. The Morgan fingerprint density at radius 2 is 1.65 bits per heavy atom. The maximum absolute atomic E-state index is 13.3. The van der Waals surface area contributed by atoms with Crippen molar-refractivity contribution in [1.29, 1.82) is 0 Å². The maximum atomic E-state index is 13.3. The summed E-state index contributed by atoms with van der Waals surface area (Å²) >= 11 is 0. The highest BCUT2D eigenvalue weighted by Crippen LogP contribution is 2.40. The van der Waals surface area contributed by atoms with Gasteiger partial charge in [0.2, 0.25) is 5.91 Å². The number of carbonyl (C=O) groups excluding carboxylic acids is 2. The van der Waals surface area contributed by atoms with E-state index in [-0.39, 0.29) is 24.4 Å². The molecule has 2 fully saturated rings. The van der Waals surface area contributed by atoms with E-state index in [1.807, 2.05) is 6.07 Å². The number of halogens is 3. The number of benzene rings is 2. The van der Waals surface area contributed by atoms with Crippen molar-refractivity contribution in [2.24, 2.45) is 5.92 Å². The largest absolute Gasteiger partial charge is 0.416 e. The van der Waals surface area contributed by atoms with E-state index in [2.05, 4.69) is 5.32 Å². The van der Waals surface area contributed by atoms with Crippen molar-refractivity contribution in [2.45, 2.75) is 56.9 Å². The molecule has 3 atom stereocenters. The Morgan fingerprint density at radius 3 is 2.32 bits per heavy atom. The van der Waals surface area contributed by atoms with Crippen LogP contribution in [0.4, 0.5) is 13.2 Å². The number of rotatable bonds is 4. The van der Waals surface area contributed by atoms with Crippen LogP contribution in [0.25, 0.3) is 0 Å². The molecule has 1 aliphatic carbocycles. The Balaban J connectivity index is 1.48. The second-order valence-electron chi connectivity index (χ2n) is 8.35. The van der Waals surface area contributed by atoms with Gasteiger partial charge in [0.25, 0.3) is 5.91 Å². The molecule has 1 heterocycles. The highest BCUT2D eigenvalue weighted by atomic mass is 19.4. The molecule has 1 aliphatic heterocycles. The van der Waals surface area contributed by atoms with Crippen LogP contribution in [-0.2, 0) is 17.5 Å². The third kappa shape index (κ3) is 4.60. The van der Waals surface area contributed by atoms with Gasteiger partial charge in [0, 0.05) is 18.2 Å². The summed E-state index contributed by atoms with van der Waals surface area (Å²) in [6.45, 7) is 0.121. The third-order valence-electron chi connectivity index (χ3n) is 6.39. The van der Waals surface area contributed by atoms with Crippen LogP contribution in [0.1, 0.15) is 53.6 Å². The molecule has 2 aliphatic rings.